The maximum Gasteiger partial charge on any atom is 0.0562 e. The molecule has 0 N–H and O–H groups in total. The summed E-state index contributed by atoms with van der Waals surface area (Å²) in [5, 5.41) is 4.88. The molecule has 0 unspecified atom stereocenters. The Kier molecular flexibility index (Phi) is 9.84. The molecule has 0 saturated heterocycles. The Balaban J connectivity index is 1.02. The van der Waals surface area contributed by atoms with E-state index in [1.165, 1.54) is 71.5 Å². The molecule has 0 atom stereocenters. The summed E-state index contributed by atoms with van der Waals surface area (Å²) in [5.41, 5.74) is 19.7. The van der Waals surface area contributed by atoms with Crippen LogP contribution < -0.4 is 4.90 Å². The number of rotatable bonds is 9. The van der Waals surface area contributed by atoms with Gasteiger partial charge in [0.2, 0.25) is 0 Å². The summed E-state index contributed by atoms with van der Waals surface area (Å²) in [7, 11) is 0. The maximum atomic E-state index is 2.49. The molecule has 11 aromatic carbocycles. The van der Waals surface area contributed by atoms with Crippen LogP contribution in [0.4, 0.5) is 17.1 Å². The lowest BCUT2D eigenvalue weighted by molar-refractivity contribution is 1.18. The lowest BCUT2D eigenvalue weighted by Gasteiger charge is -2.29. The van der Waals surface area contributed by atoms with E-state index < -0.39 is 0 Å². The highest BCUT2D eigenvalue weighted by Crippen LogP contribution is 2.49. The van der Waals surface area contributed by atoms with Gasteiger partial charge >= 0.3 is 0 Å². The lowest BCUT2D eigenvalue weighted by atomic mass is 9.88. The van der Waals surface area contributed by atoms with Gasteiger partial charge < -0.3 is 14.0 Å². The Morgan fingerprint density at radius 3 is 1.38 bits per heavy atom. The quantitative estimate of drug-likeness (QED) is 0.141. The van der Waals surface area contributed by atoms with Gasteiger partial charge in [-0.2, -0.15) is 0 Å². The first-order valence-electron chi connectivity index (χ1n) is 23.7. The van der Waals surface area contributed by atoms with Gasteiger partial charge in [-0.05, 0) is 112 Å². The van der Waals surface area contributed by atoms with Gasteiger partial charge in [0, 0.05) is 44.2 Å². The molecule has 69 heavy (non-hydrogen) atoms. The zero-order valence-corrected chi connectivity index (χ0v) is 37.8. The Bertz CT molecular complexity index is 4000. The molecule has 0 radical (unpaired) electrons. The summed E-state index contributed by atoms with van der Waals surface area (Å²) < 4.78 is 4.80. The zero-order valence-electron chi connectivity index (χ0n) is 37.8. The molecule has 2 aromatic heterocycles. The van der Waals surface area contributed by atoms with E-state index in [4.69, 9.17) is 0 Å². The smallest absolute Gasteiger partial charge is 0.0562 e. The second-order valence-electron chi connectivity index (χ2n) is 17.6. The molecule has 3 nitrogen and oxygen atoms in total. The Labute approximate surface area is 401 Å². The molecule has 13 aromatic rings. The number of fused-ring (bicyclic) bond motifs is 6. The number of benzene rings is 11. The molecule has 0 aliphatic heterocycles. The van der Waals surface area contributed by atoms with E-state index >= 15 is 0 Å². The van der Waals surface area contributed by atoms with Crippen LogP contribution >= 0.6 is 0 Å². The van der Waals surface area contributed by atoms with Crippen molar-refractivity contribution in [3.63, 3.8) is 0 Å². The number of nitrogens with zero attached hydrogens (tertiary/aromatic N) is 3. The summed E-state index contributed by atoms with van der Waals surface area (Å²) in [6.45, 7) is 0. The number of hydrogen-bond donors (Lipinski definition) is 0. The fourth-order valence-corrected chi connectivity index (χ4v) is 10.7. The molecular formula is C66H45N3. The van der Waals surface area contributed by atoms with Gasteiger partial charge in [-0.3, -0.25) is 0 Å². The maximum absolute atomic E-state index is 2.49. The summed E-state index contributed by atoms with van der Waals surface area (Å²) in [6, 6.07) is 99.2. The number of para-hydroxylation sites is 5. The Hall–Kier alpha value is -9.18. The third-order valence-corrected chi connectivity index (χ3v) is 13.7. The number of hydrogen-bond acceptors (Lipinski definition) is 1. The minimum Gasteiger partial charge on any atom is -0.309 e. The fourth-order valence-electron chi connectivity index (χ4n) is 10.7. The standard InChI is InChI=1S/C66H45N3/c1-4-21-47(22-5-1)52-27-10-11-28-53(52)54-29-12-13-30-55(54)56-31-14-17-34-60(56)68(64-38-20-37-63-66(64)59-33-16-19-36-62(59)67(63)49-23-6-2-7-24-49)51-42-39-46(40-43-51)48-41-44-58-57-32-15-18-35-61(57)69(65(58)45-48)50-25-8-3-9-26-50/h1-45H. The van der Waals surface area contributed by atoms with Crippen LogP contribution in [0.15, 0.2) is 273 Å². The first kappa shape index (κ1) is 40.1. The molecule has 0 spiro atoms. The van der Waals surface area contributed by atoms with Crippen molar-refractivity contribution in [1.82, 2.24) is 9.13 Å². The average molecular weight is 880 g/mol. The molecular weight excluding hydrogens is 835 g/mol. The highest BCUT2D eigenvalue weighted by molar-refractivity contribution is 6.17. The van der Waals surface area contributed by atoms with Gasteiger partial charge in [0.15, 0.2) is 0 Å². The van der Waals surface area contributed by atoms with Crippen LogP contribution in [0.2, 0.25) is 0 Å². The van der Waals surface area contributed by atoms with Crippen molar-refractivity contribution in [3.05, 3.63) is 273 Å². The van der Waals surface area contributed by atoms with Crippen molar-refractivity contribution >= 4 is 60.7 Å². The minimum atomic E-state index is 1.07. The molecule has 0 saturated carbocycles. The van der Waals surface area contributed by atoms with Crippen LogP contribution in [0.5, 0.6) is 0 Å². The highest BCUT2D eigenvalue weighted by Gasteiger charge is 2.24. The average Bonchev–Trinajstić information content (AvgIpc) is 3.95. The van der Waals surface area contributed by atoms with Gasteiger partial charge in [-0.15, -0.1) is 0 Å². The summed E-state index contributed by atoms with van der Waals surface area (Å²) in [5.74, 6) is 0. The SMILES string of the molecule is c1ccc(-c2ccccc2-c2ccccc2-c2ccccc2N(c2ccc(-c3ccc4c5ccccc5n(-c5ccccc5)c4c3)cc2)c2cccc3c2c2ccccc2n3-c2ccccc2)cc1. The van der Waals surface area contributed by atoms with Crippen molar-refractivity contribution < 1.29 is 0 Å². The van der Waals surface area contributed by atoms with Crippen LogP contribution in [-0.2, 0) is 0 Å². The van der Waals surface area contributed by atoms with Gasteiger partial charge in [0.1, 0.15) is 0 Å². The summed E-state index contributed by atoms with van der Waals surface area (Å²) in [6.07, 6.45) is 0. The van der Waals surface area contributed by atoms with E-state index in [1.807, 2.05) is 0 Å². The van der Waals surface area contributed by atoms with Crippen molar-refractivity contribution in [1.29, 1.82) is 0 Å². The fraction of sp³-hybridized carbons (Fsp3) is 0. The second kappa shape index (κ2) is 16.9. The summed E-state index contributed by atoms with van der Waals surface area (Å²) in [4.78, 5) is 2.49. The van der Waals surface area contributed by atoms with Crippen LogP contribution in [0.25, 0.3) is 99.5 Å². The molecule has 3 heteroatoms. The van der Waals surface area contributed by atoms with Gasteiger partial charge in [-0.1, -0.05) is 200 Å². The molecule has 0 aliphatic rings. The summed E-state index contributed by atoms with van der Waals surface area (Å²) >= 11 is 0. The van der Waals surface area contributed by atoms with Crippen LogP contribution in [-0.4, -0.2) is 9.13 Å². The van der Waals surface area contributed by atoms with E-state index in [1.54, 1.807) is 0 Å². The van der Waals surface area contributed by atoms with Gasteiger partial charge in [0.25, 0.3) is 0 Å². The first-order chi connectivity index (χ1) is 34.3. The molecule has 2 heterocycles. The van der Waals surface area contributed by atoms with E-state index in [-0.39, 0.29) is 0 Å². The Morgan fingerprint density at radius 2 is 0.696 bits per heavy atom. The van der Waals surface area contributed by atoms with Crippen molar-refractivity contribution in [2.45, 2.75) is 0 Å². The van der Waals surface area contributed by atoms with E-state index in [2.05, 4.69) is 287 Å². The molecule has 0 amide bonds. The zero-order chi connectivity index (χ0) is 45.7. The Morgan fingerprint density at radius 1 is 0.246 bits per heavy atom. The molecule has 0 aliphatic carbocycles. The van der Waals surface area contributed by atoms with E-state index in [0.29, 0.717) is 0 Å². The second-order valence-corrected chi connectivity index (χ2v) is 17.6. The van der Waals surface area contributed by atoms with Crippen LogP contribution in [0, 0.1) is 0 Å². The number of aromatic nitrogens is 2. The largest absolute Gasteiger partial charge is 0.309 e. The van der Waals surface area contributed by atoms with E-state index in [0.717, 1.165) is 45.1 Å². The predicted octanol–water partition coefficient (Wildman–Crippen LogP) is 18.0. The normalized spacial score (nSPS) is 11.5. The molecule has 13 rings (SSSR count). The molecule has 324 valence electrons. The molecule has 0 fully saturated rings. The van der Waals surface area contributed by atoms with Crippen molar-refractivity contribution in [2.24, 2.45) is 0 Å². The van der Waals surface area contributed by atoms with Gasteiger partial charge in [0.05, 0.1) is 33.4 Å². The predicted molar refractivity (Wildman–Crippen MR) is 292 cm³/mol. The van der Waals surface area contributed by atoms with E-state index in [9.17, 15) is 0 Å². The highest BCUT2D eigenvalue weighted by atomic mass is 15.2. The van der Waals surface area contributed by atoms with Gasteiger partial charge in [-0.25, -0.2) is 0 Å². The minimum absolute atomic E-state index is 1.07. The first-order valence-corrected chi connectivity index (χ1v) is 23.7. The number of anilines is 3. The third kappa shape index (κ3) is 6.82. The topological polar surface area (TPSA) is 13.1 Å². The van der Waals surface area contributed by atoms with Crippen LogP contribution in [0.1, 0.15) is 0 Å². The van der Waals surface area contributed by atoms with Crippen molar-refractivity contribution in [3.8, 4) is 55.9 Å². The van der Waals surface area contributed by atoms with Crippen molar-refractivity contribution in [2.75, 3.05) is 4.90 Å². The monoisotopic (exact) mass is 879 g/mol. The molecule has 0 bridgehead atoms. The third-order valence-electron chi connectivity index (χ3n) is 13.7. The lowest BCUT2D eigenvalue weighted by Crippen LogP contribution is -2.12. The van der Waals surface area contributed by atoms with Crippen LogP contribution in [0.3, 0.4) is 0 Å².